The Bertz CT molecular complexity index is 409. The van der Waals surface area contributed by atoms with Crippen molar-refractivity contribution in [1.82, 2.24) is 9.97 Å². The Labute approximate surface area is 122 Å². The number of ether oxygens (including phenoxy) is 1. The average molecular weight is 280 g/mol. The van der Waals surface area contributed by atoms with Crippen LogP contribution < -0.4 is 10.2 Å². The van der Waals surface area contributed by atoms with E-state index in [-0.39, 0.29) is 6.04 Å². The second-order valence-electron chi connectivity index (χ2n) is 5.24. The molecule has 1 atom stereocenters. The Morgan fingerprint density at radius 3 is 2.45 bits per heavy atom. The molecule has 1 aromatic rings. The zero-order valence-electron chi connectivity index (χ0n) is 13.6. The molecule has 5 nitrogen and oxygen atoms in total. The molecule has 0 fully saturated rings. The Kier molecular flexibility index (Phi) is 6.71. The van der Waals surface area contributed by atoms with E-state index < -0.39 is 0 Å². The van der Waals surface area contributed by atoms with Gasteiger partial charge in [0, 0.05) is 32.2 Å². The molecular formula is C15H28N4O. The van der Waals surface area contributed by atoms with Gasteiger partial charge in [-0.25, -0.2) is 9.97 Å². The first-order valence-electron chi connectivity index (χ1n) is 7.41. The fourth-order valence-electron chi connectivity index (χ4n) is 2.16. The summed E-state index contributed by atoms with van der Waals surface area (Å²) < 4.78 is 5.26. The molecule has 0 spiro atoms. The molecule has 20 heavy (non-hydrogen) atoms. The zero-order valence-corrected chi connectivity index (χ0v) is 13.6. The first-order valence-corrected chi connectivity index (χ1v) is 7.41. The molecule has 0 radical (unpaired) electrons. The number of nitrogens with zero attached hydrogens (tertiary/aromatic N) is 3. The van der Waals surface area contributed by atoms with Gasteiger partial charge in [-0.15, -0.1) is 0 Å². The van der Waals surface area contributed by atoms with Crippen molar-refractivity contribution in [3.63, 3.8) is 0 Å². The van der Waals surface area contributed by atoms with Gasteiger partial charge in [0.05, 0.1) is 12.6 Å². The number of hydrogen-bond acceptors (Lipinski definition) is 5. The monoisotopic (exact) mass is 280 g/mol. The third kappa shape index (κ3) is 4.34. The number of anilines is 2. The molecule has 114 valence electrons. The van der Waals surface area contributed by atoms with E-state index in [0.29, 0.717) is 12.5 Å². The van der Waals surface area contributed by atoms with Gasteiger partial charge < -0.3 is 15.0 Å². The van der Waals surface area contributed by atoms with Gasteiger partial charge in [0.15, 0.2) is 0 Å². The lowest BCUT2D eigenvalue weighted by atomic mass is 10.2. The second-order valence-corrected chi connectivity index (χ2v) is 5.24. The highest BCUT2D eigenvalue weighted by atomic mass is 16.5. The first-order chi connectivity index (χ1) is 9.53. The van der Waals surface area contributed by atoms with Crippen molar-refractivity contribution < 1.29 is 4.74 Å². The molecule has 0 aliphatic carbocycles. The number of likely N-dealkylation sites (N-methyl/N-ethyl adjacent to an activating group) is 1. The van der Waals surface area contributed by atoms with Gasteiger partial charge in [-0.05, 0) is 20.8 Å². The summed E-state index contributed by atoms with van der Waals surface area (Å²) in [4.78, 5) is 11.5. The first kappa shape index (κ1) is 16.7. The van der Waals surface area contributed by atoms with Gasteiger partial charge in [0.25, 0.3) is 0 Å². The van der Waals surface area contributed by atoms with Crippen LogP contribution in [-0.4, -0.2) is 42.8 Å². The van der Waals surface area contributed by atoms with Crippen LogP contribution >= 0.6 is 0 Å². The zero-order chi connectivity index (χ0) is 15.1. The Hall–Kier alpha value is -1.36. The van der Waals surface area contributed by atoms with Gasteiger partial charge in [0.1, 0.15) is 17.5 Å². The minimum atomic E-state index is 0.286. The Balaban J connectivity index is 3.12. The highest BCUT2D eigenvalue weighted by Crippen LogP contribution is 2.21. The van der Waals surface area contributed by atoms with Crippen LogP contribution in [0.5, 0.6) is 0 Å². The summed E-state index contributed by atoms with van der Waals surface area (Å²) in [5.41, 5.74) is 0. The maximum absolute atomic E-state index is 5.26. The molecule has 0 bridgehead atoms. The summed E-state index contributed by atoms with van der Waals surface area (Å²) in [5.74, 6) is 3.04. The van der Waals surface area contributed by atoms with Gasteiger partial charge in [0.2, 0.25) is 0 Å². The lowest BCUT2D eigenvalue weighted by Crippen LogP contribution is -2.37. The van der Waals surface area contributed by atoms with Crippen molar-refractivity contribution in [3.8, 4) is 0 Å². The molecule has 5 heteroatoms. The molecule has 1 heterocycles. The van der Waals surface area contributed by atoms with Crippen LogP contribution in [0.1, 0.15) is 46.4 Å². The standard InChI is InChI=1S/C15H28N4O/c1-7-16-13-9-14(18-15(17-13)11(3)4)19(8-2)12(5)10-20-6/h9,11-12H,7-8,10H2,1-6H3,(H,16,17,18). The van der Waals surface area contributed by atoms with Gasteiger partial charge in [-0.1, -0.05) is 13.8 Å². The van der Waals surface area contributed by atoms with Crippen LogP contribution in [0.4, 0.5) is 11.6 Å². The SMILES string of the molecule is CCNc1cc(N(CC)C(C)COC)nc(C(C)C)n1. The molecule has 1 unspecified atom stereocenters. The van der Waals surface area contributed by atoms with E-state index in [4.69, 9.17) is 9.72 Å². The fourth-order valence-corrected chi connectivity index (χ4v) is 2.16. The fraction of sp³-hybridized carbons (Fsp3) is 0.733. The van der Waals surface area contributed by atoms with Crippen LogP contribution in [-0.2, 0) is 4.74 Å². The lowest BCUT2D eigenvalue weighted by molar-refractivity contribution is 0.181. The van der Waals surface area contributed by atoms with E-state index in [2.05, 4.69) is 49.8 Å². The van der Waals surface area contributed by atoms with Crippen molar-refractivity contribution in [1.29, 1.82) is 0 Å². The molecule has 0 aromatic carbocycles. The van der Waals surface area contributed by atoms with Crippen LogP contribution in [0, 0.1) is 0 Å². The molecule has 1 rings (SSSR count). The number of rotatable bonds is 8. The van der Waals surface area contributed by atoms with Crippen molar-refractivity contribution in [2.45, 2.75) is 46.6 Å². The summed E-state index contributed by atoms with van der Waals surface area (Å²) in [7, 11) is 1.73. The molecule has 0 saturated carbocycles. The molecule has 0 aliphatic rings. The third-order valence-electron chi connectivity index (χ3n) is 3.18. The molecule has 1 aromatic heterocycles. The van der Waals surface area contributed by atoms with Gasteiger partial charge in [-0.2, -0.15) is 0 Å². The molecule has 0 saturated heterocycles. The minimum Gasteiger partial charge on any atom is -0.383 e. The number of nitrogens with one attached hydrogen (secondary N) is 1. The topological polar surface area (TPSA) is 50.3 Å². The van der Waals surface area contributed by atoms with Gasteiger partial charge in [-0.3, -0.25) is 0 Å². The maximum atomic E-state index is 5.26. The van der Waals surface area contributed by atoms with E-state index in [0.717, 1.165) is 30.5 Å². The normalized spacial score (nSPS) is 12.6. The van der Waals surface area contributed by atoms with Crippen LogP contribution in [0.2, 0.25) is 0 Å². The van der Waals surface area contributed by atoms with E-state index >= 15 is 0 Å². The molecular weight excluding hydrogens is 252 g/mol. The maximum Gasteiger partial charge on any atom is 0.135 e. The third-order valence-corrected chi connectivity index (χ3v) is 3.18. The number of hydrogen-bond donors (Lipinski definition) is 1. The molecule has 0 aliphatic heterocycles. The predicted molar refractivity (Wildman–Crippen MR) is 84.6 cm³/mol. The molecule has 1 N–H and O–H groups in total. The largest absolute Gasteiger partial charge is 0.383 e. The van der Waals surface area contributed by atoms with Crippen molar-refractivity contribution >= 4 is 11.6 Å². The van der Waals surface area contributed by atoms with Crippen molar-refractivity contribution in [2.75, 3.05) is 37.0 Å². The second kappa shape index (κ2) is 8.04. The number of methoxy groups -OCH3 is 1. The van der Waals surface area contributed by atoms with Gasteiger partial charge >= 0.3 is 0 Å². The van der Waals surface area contributed by atoms with Crippen LogP contribution in [0.25, 0.3) is 0 Å². The van der Waals surface area contributed by atoms with Crippen molar-refractivity contribution in [2.24, 2.45) is 0 Å². The van der Waals surface area contributed by atoms with E-state index in [1.54, 1.807) is 7.11 Å². The van der Waals surface area contributed by atoms with E-state index in [9.17, 15) is 0 Å². The predicted octanol–water partition coefficient (Wildman–Crippen LogP) is 2.89. The summed E-state index contributed by atoms with van der Waals surface area (Å²) >= 11 is 0. The highest BCUT2D eigenvalue weighted by molar-refractivity contribution is 5.50. The number of aromatic nitrogens is 2. The average Bonchev–Trinajstić information content (AvgIpc) is 2.40. The van der Waals surface area contributed by atoms with Crippen LogP contribution in [0.15, 0.2) is 6.07 Å². The highest BCUT2D eigenvalue weighted by Gasteiger charge is 2.17. The lowest BCUT2D eigenvalue weighted by Gasteiger charge is -2.29. The smallest absolute Gasteiger partial charge is 0.135 e. The summed E-state index contributed by atoms with van der Waals surface area (Å²) in [6.45, 7) is 13.0. The Morgan fingerprint density at radius 1 is 1.25 bits per heavy atom. The summed E-state index contributed by atoms with van der Waals surface area (Å²) in [6, 6.07) is 2.31. The Morgan fingerprint density at radius 2 is 1.95 bits per heavy atom. The summed E-state index contributed by atoms with van der Waals surface area (Å²) in [5, 5.41) is 3.28. The minimum absolute atomic E-state index is 0.286. The molecule has 0 amide bonds. The summed E-state index contributed by atoms with van der Waals surface area (Å²) in [6.07, 6.45) is 0. The van der Waals surface area contributed by atoms with E-state index in [1.165, 1.54) is 0 Å². The van der Waals surface area contributed by atoms with Crippen molar-refractivity contribution in [3.05, 3.63) is 11.9 Å². The quantitative estimate of drug-likeness (QED) is 0.793. The van der Waals surface area contributed by atoms with E-state index in [1.807, 2.05) is 6.07 Å². The van der Waals surface area contributed by atoms with Crippen LogP contribution in [0.3, 0.4) is 0 Å².